The number of rotatable bonds is 6. The number of primary amides is 1. The third-order valence-corrected chi connectivity index (χ3v) is 5.30. The molecule has 3 rings (SSSR count). The maximum atomic E-state index is 10.9. The van der Waals surface area contributed by atoms with Gasteiger partial charge in [-0.1, -0.05) is 0 Å². The first-order valence-corrected chi connectivity index (χ1v) is 8.70. The molecule has 2 aliphatic rings. The lowest BCUT2D eigenvalue weighted by atomic mass is 10.2. The van der Waals surface area contributed by atoms with Gasteiger partial charge in [0, 0.05) is 24.5 Å². The van der Waals surface area contributed by atoms with E-state index in [1.807, 2.05) is 23.3 Å². The second-order valence-electron chi connectivity index (χ2n) is 6.22. The van der Waals surface area contributed by atoms with E-state index < -0.39 is 0 Å². The second kappa shape index (κ2) is 7.04. The number of nitrogens with two attached hydrogens (primary N) is 1. The van der Waals surface area contributed by atoms with Crippen molar-refractivity contribution in [3.63, 3.8) is 0 Å². The Morgan fingerprint density at radius 2 is 2.41 bits per heavy atom. The monoisotopic (exact) mass is 324 g/mol. The van der Waals surface area contributed by atoms with Gasteiger partial charge in [0.2, 0.25) is 5.91 Å². The van der Waals surface area contributed by atoms with E-state index in [4.69, 9.17) is 15.5 Å². The zero-order valence-corrected chi connectivity index (χ0v) is 13.9. The molecule has 1 aliphatic carbocycles. The summed E-state index contributed by atoms with van der Waals surface area (Å²) in [4.78, 5) is 21.5. The summed E-state index contributed by atoms with van der Waals surface area (Å²) in [6.45, 7) is 4.48. The van der Waals surface area contributed by atoms with E-state index in [0.717, 1.165) is 39.2 Å². The van der Waals surface area contributed by atoms with Gasteiger partial charge in [-0.15, -0.1) is 11.3 Å². The molecule has 0 radical (unpaired) electrons. The number of fused-ring (bicyclic) bond motifs is 1. The van der Waals surface area contributed by atoms with E-state index in [-0.39, 0.29) is 18.6 Å². The highest BCUT2D eigenvalue weighted by Crippen LogP contribution is 2.28. The second-order valence-corrected chi connectivity index (χ2v) is 7.39. The van der Waals surface area contributed by atoms with E-state index in [1.165, 1.54) is 28.4 Å². The Labute approximate surface area is 135 Å². The molecule has 1 amide bonds. The van der Waals surface area contributed by atoms with Crippen molar-refractivity contribution in [2.45, 2.75) is 31.9 Å². The van der Waals surface area contributed by atoms with Gasteiger partial charge in [-0.2, -0.15) is 0 Å². The molecule has 2 heterocycles. The average Bonchev–Trinajstić information content (AvgIpc) is 2.98. The average molecular weight is 324 g/mol. The van der Waals surface area contributed by atoms with Gasteiger partial charge in [-0.3, -0.25) is 14.6 Å². The summed E-state index contributed by atoms with van der Waals surface area (Å²) in [6.07, 6.45) is 3.75. The van der Waals surface area contributed by atoms with Crippen molar-refractivity contribution in [2.24, 2.45) is 5.73 Å². The molecule has 1 atom stereocenters. The van der Waals surface area contributed by atoms with Crippen LogP contribution in [0.4, 0.5) is 0 Å². The number of amides is 1. The summed E-state index contributed by atoms with van der Waals surface area (Å²) in [7, 11) is 1.90. The van der Waals surface area contributed by atoms with Crippen LogP contribution in [0.5, 0.6) is 0 Å². The molecule has 0 spiro atoms. The van der Waals surface area contributed by atoms with Crippen LogP contribution < -0.4 is 5.73 Å². The summed E-state index contributed by atoms with van der Waals surface area (Å²) < 4.78 is 5.81. The minimum Gasteiger partial charge on any atom is -0.374 e. The number of ether oxygens (including phenoxy) is 1. The number of morpholine rings is 1. The molecular weight excluding hydrogens is 300 g/mol. The minimum atomic E-state index is -0.299. The Balaban J connectivity index is 1.50. The number of hydrogen-bond donors (Lipinski definition) is 1. The van der Waals surface area contributed by atoms with Crippen LogP contribution >= 0.6 is 11.3 Å². The van der Waals surface area contributed by atoms with E-state index >= 15 is 0 Å². The van der Waals surface area contributed by atoms with E-state index in [9.17, 15) is 4.79 Å². The van der Waals surface area contributed by atoms with Crippen molar-refractivity contribution in [2.75, 3.05) is 39.8 Å². The summed E-state index contributed by atoms with van der Waals surface area (Å²) >= 11 is 1.87. The lowest BCUT2D eigenvalue weighted by Gasteiger charge is -2.34. The molecule has 7 heteroatoms. The zero-order valence-electron chi connectivity index (χ0n) is 13.1. The van der Waals surface area contributed by atoms with Crippen molar-refractivity contribution in [1.82, 2.24) is 14.8 Å². The Morgan fingerprint density at radius 3 is 3.18 bits per heavy atom. The summed E-state index contributed by atoms with van der Waals surface area (Å²) in [5.74, 6) is -0.299. The van der Waals surface area contributed by atoms with Crippen LogP contribution in [-0.4, -0.2) is 66.6 Å². The topological polar surface area (TPSA) is 71.7 Å². The van der Waals surface area contributed by atoms with Crippen LogP contribution in [0, 0.1) is 0 Å². The fourth-order valence-electron chi connectivity index (χ4n) is 3.22. The van der Waals surface area contributed by atoms with Gasteiger partial charge >= 0.3 is 0 Å². The van der Waals surface area contributed by atoms with Crippen LogP contribution in [0.25, 0.3) is 0 Å². The standard InChI is InChI=1S/C15H24N4O2S/c1-18(9-14(16)20)7-11-8-19(5-6-21-11)10-15-17-12-3-2-4-13(12)22-15/h11H,2-10H2,1H3,(H2,16,20). The van der Waals surface area contributed by atoms with Crippen molar-refractivity contribution in [3.8, 4) is 0 Å². The van der Waals surface area contributed by atoms with Gasteiger partial charge in [0.05, 0.1) is 31.5 Å². The molecule has 122 valence electrons. The summed E-state index contributed by atoms with van der Waals surface area (Å²) in [5, 5.41) is 1.23. The molecule has 0 aromatic carbocycles. The SMILES string of the molecule is CN(CC(N)=O)CC1CN(Cc2nc3c(s2)CCC3)CCO1. The van der Waals surface area contributed by atoms with Gasteiger partial charge < -0.3 is 10.5 Å². The number of nitrogens with zero attached hydrogens (tertiary/aromatic N) is 3. The van der Waals surface area contributed by atoms with Crippen LogP contribution in [0.1, 0.15) is 22.0 Å². The van der Waals surface area contributed by atoms with Crippen molar-refractivity contribution < 1.29 is 9.53 Å². The van der Waals surface area contributed by atoms with Gasteiger partial charge in [-0.25, -0.2) is 4.98 Å². The fraction of sp³-hybridized carbons (Fsp3) is 0.733. The Hall–Kier alpha value is -1.02. The predicted molar refractivity (Wildman–Crippen MR) is 85.8 cm³/mol. The maximum Gasteiger partial charge on any atom is 0.231 e. The third-order valence-electron chi connectivity index (χ3n) is 4.16. The first kappa shape index (κ1) is 15.9. The largest absolute Gasteiger partial charge is 0.374 e. The van der Waals surface area contributed by atoms with E-state index in [1.54, 1.807) is 0 Å². The molecule has 1 fully saturated rings. The molecule has 0 bridgehead atoms. The number of aromatic nitrogens is 1. The molecule has 0 saturated carbocycles. The van der Waals surface area contributed by atoms with Gasteiger partial charge in [0.25, 0.3) is 0 Å². The number of aryl methyl sites for hydroxylation is 2. The molecule has 1 aromatic heterocycles. The number of carbonyl (C=O) groups excluding carboxylic acids is 1. The highest BCUT2D eigenvalue weighted by atomic mass is 32.1. The van der Waals surface area contributed by atoms with Crippen molar-refractivity contribution in [3.05, 3.63) is 15.6 Å². The third kappa shape index (κ3) is 4.04. The molecule has 22 heavy (non-hydrogen) atoms. The zero-order chi connectivity index (χ0) is 15.5. The first-order chi connectivity index (χ1) is 10.6. The van der Waals surface area contributed by atoms with Gasteiger partial charge in [0.1, 0.15) is 5.01 Å². The fourth-order valence-corrected chi connectivity index (χ4v) is 4.41. The molecule has 1 unspecified atom stereocenters. The molecule has 1 aromatic rings. The summed E-state index contributed by atoms with van der Waals surface area (Å²) in [6, 6.07) is 0. The van der Waals surface area contributed by atoms with Gasteiger partial charge in [-0.05, 0) is 26.3 Å². The quantitative estimate of drug-likeness (QED) is 0.812. The smallest absolute Gasteiger partial charge is 0.231 e. The molecule has 1 aliphatic heterocycles. The first-order valence-electron chi connectivity index (χ1n) is 7.88. The van der Waals surface area contributed by atoms with E-state index in [2.05, 4.69) is 4.90 Å². The maximum absolute atomic E-state index is 10.9. The number of carbonyl (C=O) groups is 1. The lowest BCUT2D eigenvalue weighted by Crippen LogP contribution is -2.47. The van der Waals surface area contributed by atoms with Crippen molar-refractivity contribution >= 4 is 17.2 Å². The van der Waals surface area contributed by atoms with Gasteiger partial charge in [0.15, 0.2) is 0 Å². The normalized spacial score (nSPS) is 22.2. The van der Waals surface area contributed by atoms with Crippen LogP contribution in [-0.2, 0) is 28.9 Å². The molecule has 2 N–H and O–H groups in total. The molecular formula is C15H24N4O2S. The Bertz CT molecular complexity index is 512. The highest BCUT2D eigenvalue weighted by Gasteiger charge is 2.24. The predicted octanol–water partition coefficient (Wildman–Crippen LogP) is 0.250. The van der Waals surface area contributed by atoms with E-state index in [0.29, 0.717) is 0 Å². The number of likely N-dealkylation sites (N-methyl/N-ethyl adjacent to an activating group) is 1. The van der Waals surface area contributed by atoms with Crippen LogP contribution in [0.15, 0.2) is 0 Å². The summed E-state index contributed by atoms with van der Waals surface area (Å²) in [5.41, 5.74) is 6.55. The van der Waals surface area contributed by atoms with Crippen LogP contribution in [0.2, 0.25) is 0 Å². The van der Waals surface area contributed by atoms with Crippen molar-refractivity contribution in [1.29, 1.82) is 0 Å². The minimum absolute atomic E-state index is 0.130. The Morgan fingerprint density at radius 1 is 1.55 bits per heavy atom. The molecule has 1 saturated heterocycles. The number of hydrogen-bond acceptors (Lipinski definition) is 6. The lowest BCUT2D eigenvalue weighted by molar-refractivity contribution is -0.119. The number of thiazole rings is 1. The highest BCUT2D eigenvalue weighted by molar-refractivity contribution is 7.11. The van der Waals surface area contributed by atoms with Crippen LogP contribution in [0.3, 0.4) is 0 Å². The Kier molecular flexibility index (Phi) is 5.07. The molecule has 6 nitrogen and oxygen atoms in total.